The zero-order valence-electron chi connectivity index (χ0n) is 11.5. The second-order valence-electron chi connectivity index (χ2n) is 5.38. The zero-order valence-corrected chi connectivity index (χ0v) is 11.5. The molecule has 6 heteroatoms. The Labute approximate surface area is 116 Å². The molecule has 104 valence electrons. The van der Waals surface area contributed by atoms with Crippen molar-refractivity contribution in [2.45, 2.75) is 38.6 Å². The second-order valence-corrected chi connectivity index (χ2v) is 5.38. The number of hydrogen-bond donors (Lipinski definition) is 1. The van der Waals surface area contributed by atoms with Crippen LogP contribution in [0.1, 0.15) is 44.2 Å². The minimum absolute atomic E-state index is 0.205. The van der Waals surface area contributed by atoms with Gasteiger partial charge in [-0.05, 0) is 17.0 Å². The topological polar surface area (TPSA) is 67.3 Å². The molecule has 0 aromatic carbocycles. The Morgan fingerprint density at radius 2 is 2.25 bits per heavy atom. The number of rotatable bonds is 2. The second kappa shape index (κ2) is 4.70. The molecular formula is C14H17N4O2+. The average molecular weight is 273 g/mol. The van der Waals surface area contributed by atoms with Gasteiger partial charge in [0.05, 0.1) is 6.20 Å². The van der Waals surface area contributed by atoms with E-state index in [0.717, 1.165) is 11.2 Å². The van der Waals surface area contributed by atoms with E-state index in [1.54, 1.807) is 11.0 Å². The highest BCUT2D eigenvalue weighted by molar-refractivity contribution is 5.98. The van der Waals surface area contributed by atoms with Gasteiger partial charge in [-0.3, -0.25) is 14.9 Å². The molecule has 2 aromatic heterocycles. The van der Waals surface area contributed by atoms with Crippen LogP contribution in [0.5, 0.6) is 0 Å². The number of nitrogens with one attached hydrogen (secondary N) is 1. The Morgan fingerprint density at radius 1 is 1.45 bits per heavy atom. The normalized spacial score (nSPS) is 19.6. The third-order valence-corrected chi connectivity index (χ3v) is 3.68. The number of amides is 2. The van der Waals surface area contributed by atoms with Gasteiger partial charge < -0.3 is 0 Å². The summed E-state index contributed by atoms with van der Waals surface area (Å²) in [5.41, 5.74) is 1.99. The summed E-state index contributed by atoms with van der Waals surface area (Å²) in [6, 6.07) is 3.61. The molecule has 1 fully saturated rings. The molecule has 1 aliphatic heterocycles. The monoisotopic (exact) mass is 273 g/mol. The van der Waals surface area contributed by atoms with E-state index < -0.39 is 0 Å². The van der Waals surface area contributed by atoms with Crippen molar-refractivity contribution in [3.63, 3.8) is 0 Å². The number of aromatic nitrogens is 3. The summed E-state index contributed by atoms with van der Waals surface area (Å²) in [6.45, 7) is 4.22. The predicted molar refractivity (Wildman–Crippen MR) is 70.9 cm³/mol. The van der Waals surface area contributed by atoms with Gasteiger partial charge in [-0.15, -0.1) is 9.20 Å². The zero-order chi connectivity index (χ0) is 14.3. The van der Waals surface area contributed by atoms with Gasteiger partial charge in [-0.25, -0.2) is 0 Å². The van der Waals surface area contributed by atoms with E-state index in [-0.39, 0.29) is 17.9 Å². The average Bonchev–Trinajstić information content (AvgIpc) is 2.82. The SMILES string of the molecule is CC(C)c1cccn2c1nc[n+]2C1CCC(=O)NC1=O. The van der Waals surface area contributed by atoms with Crippen LogP contribution in [0.25, 0.3) is 5.65 Å². The summed E-state index contributed by atoms with van der Waals surface area (Å²) in [5, 5.41) is 2.38. The Bertz CT molecular complexity index is 690. The number of piperidine rings is 1. The first-order valence-corrected chi connectivity index (χ1v) is 6.79. The molecule has 6 nitrogen and oxygen atoms in total. The highest BCUT2D eigenvalue weighted by atomic mass is 16.2. The molecule has 0 aliphatic carbocycles. The first kappa shape index (κ1) is 12.8. The molecular weight excluding hydrogens is 256 g/mol. The third kappa shape index (κ3) is 1.97. The summed E-state index contributed by atoms with van der Waals surface area (Å²) in [7, 11) is 0. The molecule has 20 heavy (non-hydrogen) atoms. The first-order valence-electron chi connectivity index (χ1n) is 6.79. The van der Waals surface area contributed by atoms with Crippen molar-refractivity contribution in [1.82, 2.24) is 14.8 Å². The summed E-state index contributed by atoms with van der Waals surface area (Å²) >= 11 is 0. The van der Waals surface area contributed by atoms with E-state index in [1.807, 2.05) is 22.8 Å². The molecule has 1 aliphatic rings. The number of carbonyl (C=O) groups excluding carboxylic acids is 2. The molecule has 0 radical (unpaired) electrons. The van der Waals surface area contributed by atoms with Gasteiger partial charge in [0.15, 0.2) is 0 Å². The van der Waals surface area contributed by atoms with Crippen molar-refractivity contribution in [3.8, 4) is 0 Å². The Balaban J connectivity index is 2.07. The smallest absolute Gasteiger partial charge is 0.293 e. The van der Waals surface area contributed by atoms with Crippen LogP contribution >= 0.6 is 0 Å². The van der Waals surface area contributed by atoms with Gasteiger partial charge in [-0.2, -0.15) is 0 Å². The Kier molecular flexibility index (Phi) is 3.00. The molecule has 1 N–H and O–H groups in total. The maximum Gasteiger partial charge on any atom is 0.308 e. The summed E-state index contributed by atoms with van der Waals surface area (Å²) < 4.78 is 3.68. The Hall–Kier alpha value is -2.24. The highest BCUT2D eigenvalue weighted by Gasteiger charge is 2.34. The van der Waals surface area contributed by atoms with Crippen molar-refractivity contribution in [1.29, 1.82) is 0 Å². The van der Waals surface area contributed by atoms with Gasteiger partial charge in [-0.1, -0.05) is 19.9 Å². The van der Waals surface area contributed by atoms with Crippen LogP contribution in [0.15, 0.2) is 24.7 Å². The van der Waals surface area contributed by atoms with Crippen LogP contribution in [0.4, 0.5) is 0 Å². The molecule has 3 heterocycles. The van der Waals surface area contributed by atoms with E-state index in [9.17, 15) is 9.59 Å². The largest absolute Gasteiger partial charge is 0.308 e. The van der Waals surface area contributed by atoms with Crippen LogP contribution in [0.3, 0.4) is 0 Å². The number of nitrogens with zero attached hydrogens (tertiary/aromatic N) is 3. The van der Waals surface area contributed by atoms with Crippen molar-refractivity contribution in [3.05, 3.63) is 30.2 Å². The molecule has 0 spiro atoms. The molecule has 1 unspecified atom stereocenters. The van der Waals surface area contributed by atoms with Gasteiger partial charge in [0.1, 0.15) is 0 Å². The maximum atomic E-state index is 12.0. The number of imide groups is 1. The fourth-order valence-electron chi connectivity index (χ4n) is 2.61. The minimum Gasteiger partial charge on any atom is -0.293 e. The summed E-state index contributed by atoms with van der Waals surface area (Å²) in [4.78, 5) is 27.6. The van der Waals surface area contributed by atoms with Crippen molar-refractivity contribution in [2.24, 2.45) is 0 Å². The maximum absolute atomic E-state index is 12.0. The molecule has 0 bridgehead atoms. The van der Waals surface area contributed by atoms with E-state index >= 15 is 0 Å². The van der Waals surface area contributed by atoms with Crippen molar-refractivity contribution >= 4 is 17.5 Å². The summed E-state index contributed by atoms with van der Waals surface area (Å²) in [5.74, 6) is -0.108. The number of fused-ring (bicyclic) bond motifs is 1. The highest BCUT2D eigenvalue weighted by Crippen LogP contribution is 2.19. The van der Waals surface area contributed by atoms with Gasteiger partial charge >= 0.3 is 6.33 Å². The van der Waals surface area contributed by atoms with Crippen LogP contribution < -0.4 is 10.00 Å². The Morgan fingerprint density at radius 3 is 2.95 bits per heavy atom. The van der Waals surface area contributed by atoms with E-state index in [1.165, 1.54) is 0 Å². The minimum atomic E-state index is -0.384. The lowest BCUT2D eigenvalue weighted by atomic mass is 10.1. The number of carbonyl (C=O) groups is 2. The van der Waals surface area contributed by atoms with Crippen LogP contribution in [-0.4, -0.2) is 21.3 Å². The van der Waals surface area contributed by atoms with E-state index in [2.05, 4.69) is 24.1 Å². The molecule has 0 saturated carbocycles. The number of pyridine rings is 1. The standard InChI is InChI=1S/C14H16N4O2/c1-9(2)10-4-3-7-17-13(10)15-8-18(17)11-5-6-12(19)16-14(11)20/h3-4,7-9,11H,5-6H2,1-2H3/p+1. The lowest BCUT2D eigenvalue weighted by Crippen LogP contribution is -2.55. The molecule has 2 aromatic rings. The molecule has 1 saturated heterocycles. The number of hydrogen-bond acceptors (Lipinski definition) is 3. The fraction of sp³-hybridized carbons (Fsp3) is 0.429. The van der Waals surface area contributed by atoms with Crippen LogP contribution in [0, 0.1) is 0 Å². The third-order valence-electron chi connectivity index (χ3n) is 3.68. The van der Waals surface area contributed by atoms with Crippen LogP contribution in [0.2, 0.25) is 0 Å². The van der Waals surface area contributed by atoms with Crippen LogP contribution in [-0.2, 0) is 9.59 Å². The van der Waals surface area contributed by atoms with Gasteiger partial charge in [0.2, 0.25) is 11.9 Å². The first-order chi connectivity index (χ1) is 9.58. The van der Waals surface area contributed by atoms with Crippen molar-refractivity contribution in [2.75, 3.05) is 0 Å². The lowest BCUT2D eigenvalue weighted by molar-refractivity contribution is -0.773. The van der Waals surface area contributed by atoms with E-state index in [4.69, 9.17) is 0 Å². The fourth-order valence-corrected chi connectivity index (χ4v) is 2.61. The van der Waals surface area contributed by atoms with E-state index in [0.29, 0.717) is 18.8 Å². The summed E-state index contributed by atoms with van der Waals surface area (Å²) in [6.07, 6.45) is 4.43. The molecule has 2 amide bonds. The van der Waals surface area contributed by atoms with Crippen molar-refractivity contribution < 1.29 is 14.3 Å². The van der Waals surface area contributed by atoms with Gasteiger partial charge in [0.25, 0.3) is 11.6 Å². The quantitative estimate of drug-likeness (QED) is 0.647. The lowest BCUT2D eigenvalue weighted by Gasteiger charge is -2.18. The predicted octanol–water partition coefficient (Wildman–Crippen LogP) is 0.723. The molecule has 1 atom stereocenters. The molecule has 3 rings (SSSR count). The van der Waals surface area contributed by atoms with Gasteiger partial charge in [0, 0.05) is 18.4 Å².